The minimum atomic E-state index is -4.65. The van der Waals surface area contributed by atoms with Crippen LogP contribution in [0.5, 0.6) is 5.88 Å². The number of benzene rings is 1. The lowest BCUT2D eigenvalue weighted by Gasteiger charge is -2.10. The van der Waals surface area contributed by atoms with Gasteiger partial charge in [0.05, 0.1) is 36.4 Å². The van der Waals surface area contributed by atoms with Crippen molar-refractivity contribution in [1.82, 2.24) is 20.1 Å². The van der Waals surface area contributed by atoms with Crippen molar-refractivity contribution in [3.63, 3.8) is 0 Å². The normalized spacial score (nSPS) is 11.3. The number of hydrogen-bond acceptors (Lipinski definition) is 5. The Kier molecular flexibility index (Phi) is 6.98. The number of pyridine rings is 1. The lowest BCUT2D eigenvalue weighted by molar-refractivity contribution is -0.141. The zero-order valence-corrected chi connectivity index (χ0v) is 16.6. The molecule has 0 saturated carbocycles. The predicted octanol–water partition coefficient (Wildman–Crippen LogP) is 3.63. The molecule has 0 aliphatic carbocycles. The van der Waals surface area contributed by atoms with Crippen LogP contribution in [0.25, 0.3) is 5.69 Å². The van der Waals surface area contributed by atoms with Gasteiger partial charge in [-0.15, -0.1) is 0 Å². The summed E-state index contributed by atoms with van der Waals surface area (Å²) in [7, 11) is 0. The number of aromatic nitrogens is 3. The lowest BCUT2D eigenvalue weighted by atomic mass is 10.3. The van der Waals surface area contributed by atoms with E-state index in [1.807, 2.05) is 0 Å². The van der Waals surface area contributed by atoms with Crippen LogP contribution in [-0.4, -0.2) is 39.1 Å². The highest BCUT2D eigenvalue weighted by atomic mass is 35.5. The number of carbonyl (C=O) groups is 1. The number of rotatable bonds is 7. The van der Waals surface area contributed by atoms with Crippen molar-refractivity contribution in [3.05, 3.63) is 65.1 Å². The molecule has 0 radical (unpaired) electrons. The second-order valence-electron chi connectivity index (χ2n) is 6.18. The number of ether oxygens (including phenoxy) is 1. The number of alkyl halides is 3. The Morgan fingerprint density at radius 2 is 2.03 bits per heavy atom. The van der Waals surface area contributed by atoms with E-state index in [1.165, 1.54) is 24.4 Å². The van der Waals surface area contributed by atoms with E-state index in [0.29, 0.717) is 16.4 Å². The highest BCUT2D eigenvalue weighted by Gasteiger charge is 2.35. The summed E-state index contributed by atoms with van der Waals surface area (Å²) in [5.41, 5.74) is -0.320. The molecular formula is C19H17ClF3N5O3. The molecule has 2 aromatic heterocycles. The molecule has 0 saturated heterocycles. The standard InChI is InChI=1S/C19H17ClF3N5O3/c20-12-2-1-3-14(8-12)28-15(9-16(27-28)19(21,22)23)11-25-18(30)26-13-4-5-17(24-10-13)31-7-6-29/h1-5,8-10,29H,6-7,11H2,(H2,25,26,30). The third-order valence-electron chi connectivity index (χ3n) is 3.89. The quantitative estimate of drug-likeness (QED) is 0.505. The van der Waals surface area contributed by atoms with E-state index in [4.69, 9.17) is 21.4 Å². The second-order valence-corrected chi connectivity index (χ2v) is 6.61. The molecule has 12 heteroatoms. The fourth-order valence-electron chi connectivity index (χ4n) is 2.55. The maximum absolute atomic E-state index is 13.1. The molecule has 2 amide bonds. The zero-order chi connectivity index (χ0) is 22.4. The van der Waals surface area contributed by atoms with Crippen molar-refractivity contribution >= 4 is 23.3 Å². The largest absolute Gasteiger partial charge is 0.475 e. The van der Waals surface area contributed by atoms with Crippen molar-refractivity contribution in [2.24, 2.45) is 0 Å². The van der Waals surface area contributed by atoms with Gasteiger partial charge in [-0.3, -0.25) is 0 Å². The number of amides is 2. The SMILES string of the molecule is O=C(NCc1cc(C(F)(F)F)nn1-c1cccc(Cl)c1)Nc1ccc(OCCO)nc1. The summed E-state index contributed by atoms with van der Waals surface area (Å²) in [4.78, 5) is 16.1. The first-order chi connectivity index (χ1) is 14.8. The van der Waals surface area contributed by atoms with Crippen LogP contribution in [0.4, 0.5) is 23.7 Å². The van der Waals surface area contributed by atoms with Gasteiger partial charge in [0.2, 0.25) is 5.88 Å². The van der Waals surface area contributed by atoms with Crippen LogP contribution in [-0.2, 0) is 12.7 Å². The molecule has 0 unspecified atom stereocenters. The monoisotopic (exact) mass is 455 g/mol. The maximum Gasteiger partial charge on any atom is 0.435 e. The van der Waals surface area contributed by atoms with Crippen LogP contribution >= 0.6 is 11.6 Å². The summed E-state index contributed by atoms with van der Waals surface area (Å²) < 4.78 is 45.6. The zero-order valence-electron chi connectivity index (χ0n) is 15.9. The Bertz CT molecular complexity index is 1040. The van der Waals surface area contributed by atoms with E-state index >= 15 is 0 Å². The Hall–Kier alpha value is -3.31. The molecule has 2 heterocycles. The first-order valence-electron chi connectivity index (χ1n) is 8.93. The summed E-state index contributed by atoms with van der Waals surface area (Å²) in [6, 6.07) is 9.40. The summed E-state index contributed by atoms with van der Waals surface area (Å²) in [6.45, 7) is -0.307. The van der Waals surface area contributed by atoms with Crippen molar-refractivity contribution in [1.29, 1.82) is 0 Å². The van der Waals surface area contributed by atoms with Gasteiger partial charge < -0.3 is 20.5 Å². The fraction of sp³-hybridized carbons (Fsp3) is 0.211. The highest BCUT2D eigenvalue weighted by Crippen LogP contribution is 2.30. The Balaban J connectivity index is 1.70. The first-order valence-corrected chi connectivity index (χ1v) is 9.30. The number of halogens is 4. The molecule has 3 aromatic rings. The van der Waals surface area contributed by atoms with Crippen molar-refractivity contribution < 1.29 is 27.8 Å². The average molecular weight is 456 g/mol. The molecule has 0 aliphatic rings. The molecule has 1 aromatic carbocycles. The van der Waals surface area contributed by atoms with Gasteiger partial charge in [-0.1, -0.05) is 17.7 Å². The van der Waals surface area contributed by atoms with E-state index in [9.17, 15) is 18.0 Å². The Morgan fingerprint density at radius 3 is 2.68 bits per heavy atom. The number of hydrogen-bond donors (Lipinski definition) is 3. The number of nitrogens with one attached hydrogen (secondary N) is 2. The van der Waals surface area contributed by atoms with Gasteiger partial charge in [0.25, 0.3) is 0 Å². The van der Waals surface area contributed by atoms with Crippen LogP contribution in [0, 0.1) is 0 Å². The molecule has 8 nitrogen and oxygen atoms in total. The van der Waals surface area contributed by atoms with Crippen LogP contribution in [0.3, 0.4) is 0 Å². The smallest absolute Gasteiger partial charge is 0.435 e. The van der Waals surface area contributed by atoms with Crippen molar-refractivity contribution in [3.8, 4) is 11.6 Å². The fourth-order valence-corrected chi connectivity index (χ4v) is 2.74. The molecule has 31 heavy (non-hydrogen) atoms. The van der Waals surface area contributed by atoms with Gasteiger partial charge in [-0.2, -0.15) is 18.3 Å². The highest BCUT2D eigenvalue weighted by molar-refractivity contribution is 6.30. The second kappa shape index (κ2) is 9.67. The number of nitrogens with zero attached hydrogens (tertiary/aromatic N) is 3. The molecule has 0 fully saturated rings. The number of aliphatic hydroxyl groups excluding tert-OH is 1. The van der Waals surface area contributed by atoms with Gasteiger partial charge in [-0.05, 0) is 30.3 Å². The molecule has 0 spiro atoms. The first kappa shape index (κ1) is 22.4. The molecule has 0 aliphatic heterocycles. The van der Waals surface area contributed by atoms with Gasteiger partial charge >= 0.3 is 12.2 Å². The number of anilines is 1. The number of carbonyl (C=O) groups excluding carboxylic acids is 1. The lowest BCUT2D eigenvalue weighted by Crippen LogP contribution is -2.29. The minimum absolute atomic E-state index is 0.0838. The van der Waals surface area contributed by atoms with Crippen LogP contribution in [0.2, 0.25) is 5.02 Å². The predicted molar refractivity (Wildman–Crippen MR) is 106 cm³/mol. The van der Waals surface area contributed by atoms with Gasteiger partial charge in [-0.25, -0.2) is 14.5 Å². The molecule has 3 rings (SSSR count). The summed E-state index contributed by atoms with van der Waals surface area (Å²) in [5.74, 6) is 0.269. The van der Waals surface area contributed by atoms with E-state index in [0.717, 1.165) is 10.7 Å². The Labute approximate surface area is 179 Å². The molecule has 0 bridgehead atoms. The van der Waals surface area contributed by atoms with Crippen molar-refractivity contribution in [2.75, 3.05) is 18.5 Å². The maximum atomic E-state index is 13.1. The number of urea groups is 1. The van der Waals surface area contributed by atoms with E-state index in [-0.39, 0.29) is 31.3 Å². The molecule has 0 atom stereocenters. The minimum Gasteiger partial charge on any atom is -0.475 e. The van der Waals surface area contributed by atoms with E-state index in [1.54, 1.807) is 18.2 Å². The van der Waals surface area contributed by atoms with E-state index in [2.05, 4.69) is 20.7 Å². The van der Waals surface area contributed by atoms with Gasteiger partial charge in [0.15, 0.2) is 5.69 Å². The average Bonchev–Trinajstić information content (AvgIpc) is 3.17. The van der Waals surface area contributed by atoms with Gasteiger partial charge in [0, 0.05) is 11.1 Å². The van der Waals surface area contributed by atoms with Crippen molar-refractivity contribution in [2.45, 2.75) is 12.7 Å². The molecular weight excluding hydrogens is 439 g/mol. The van der Waals surface area contributed by atoms with Crippen LogP contribution in [0.1, 0.15) is 11.4 Å². The van der Waals surface area contributed by atoms with Crippen LogP contribution in [0.15, 0.2) is 48.7 Å². The summed E-state index contributed by atoms with van der Waals surface area (Å²) >= 11 is 5.93. The number of aliphatic hydroxyl groups is 1. The van der Waals surface area contributed by atoms with E-state index < -0.39 is 17.9 Å². The topological polar surface area (TPSA) is 101 Å². The third-order valence-corrected chi connectivity index (χ3v) is 4.13. The van der Waals surface area contributed by atoms with Gasteiger partial charge in [0.1, 0.15) is 6.61 Å². The Morgan fingerprint density at radius 1 is 1.23 bits per heavy atom. The summed E-state index contributed by atoms with van der Waals surface area (Å²) in [6.07, 6.45) is -3.31. The molecule has 3 N–H and O–H groups in total. The molecule has 164 valence electrons. The van der Waals surface area contributed by atoms with Crippen LogP contribution < -0.4 is 15.4 Å². The summed E-state index contributed by atoms with van der Waals surface area (Å²) in [5, 5.41) is 17.6. The third kappa shape index (κ3) is 6.09.